The summed E-state index contributed by atoms with van der Waals surface area (Å²) < 4.78 is 0. The molecule has 82 valence electrons. The van der Waals surface area contributed by atoms with Crippen LogP contribution >= 0.6 is 0 Å². The molecule has 0 aliphatic carbocycles. The maximum Gasteiger partial charge on any atom is 0.0223 e. The minimum Gasteiger partial charge on any atom is -0.298 e. The van der Waals surface area contributed by atoms with Crippen LogP contribution in [-0.2, 0) is 0 Å². The third-order valence-corrected chi connectivity index (χ3v) is 3.85. The molecule has 0 bridgehead atoms. The molecule has 1 atom stereocenters. The van der Waals surface area contributed by atoms with Gasteiger partial charge < -0.3 is 0 Å². The molecule has 0 saturated carbocycles. The zero-order valence-corrected chi connectivity index (χ0v) is 9.71. The average Bonchev–Trinajstić information content (AvgIpc) is 2.41. The van der Waals surface area contributed by atoms with Crippen molar-refractivity contribution in [3.63, 3.8) is 0 Å². The maximum absolute atomic E-state index is 2.73. The fourth-order valence-corrected chi connectivity index (χ4v) is 2.83. The van der Waals surface area contributed by atoms with E-state index in [1.165, 1.54) is 51.9 Å². The molecule has 2 aliphatic rings. The summed E-state index contributed by atoms with van der Waals surface area (Å²) in [6, 6.07) is 1.61. The molecule has 2 heterocycles. The van der Waals surface area contributed by atoms with E-state index in [0.29, 0.717) is 0 Å². The summed E-state index contributed by atoms with van der Waals surface area (Å²) in [4.78, 5) is 5.37. The number of hydrogen-bond acceptors (Lipinski definition) is 2. The van der Waals surface area contributed by atoms with Gasteiger partial charge in [0.2, 0.25) is 0 Å². The fraction of sp³-hybridized carbons (Fsp3) is 1.00. The van der Waals surface area contributed by atoms with Crippen LogP contribution in [0.25, 0.3) is 0 Å². The SMILES string of the molecule is CC(C)N1CCN2CCCCCC2C1. The molecule has 0 aromatic heterocycles. The molecule has 14 heavy (non-hydrogen) atoms. The predicted octanol–water partition coefficient (Wildman–Crippen LogP) is 1.96. The summed E-state index contributed by atoms with van der Waals surface area (Å²) >= 11 is 0. The van der Waals surface area contributed by atoms with E-state index >= 15 is 0 Å². The molecule has 0 aromatic carbocycles. The Bertz CT molecular complexity index is 179. The maximum atomic E-state index is 2.73. The Labute approximate surface area is 88.3 Å². The van der Waals surface area contributed by atoms with Crippen LogP contribution in [0.15, 0.2) is 0 Å². The molecule has 2 heteroatoms. The van der Waals surface area contributed by atoms with Crippen LogP contribution in [0.4, 0.5) is 0 Å². The highest BCUT2D eigenvalue weighted by molar-refractivity contribution is 4.84. The first-order valence-electron chi connectivity index (χ1n) is 6.25. The fourth-order valence-electron chi connectivity index (χ4n) is 2.83. The van der Waals surface area contributed by atoms with Crippen molar-refractivity contribution >= 4 is 0 Å². The van der Waals surface area contributed by atoms with Gasteiger partial charge in [-0.3, -0.25) is 9.80 Å². The molecular weight excluding hydrogens is 172 g/mol. The summed E-state index contributed by atoms with van der Waals surface area (Å²) in [6.07, 6.45) is 5.77. The summed E-state index contributed by atoms with van der Waals surface area (Å²) in [6.45, 7) is 9.92. The number of piperazine rings is 1. The monoisotopic (exact) mass is 196 g/mol. The van der Waals surface area contributed by atoms with Crippen molar-refractivity contribution in [2.45, 2.75) is 51.6 Å². The minimum absolute atomic E-state index is 0.736. The molecule has 0 radical (unpaired) electrons. The molecule has 2 fully saturated rings. The first-order chi connectivity index (χ1) is 6.77. The molecule has 2 rings (SSSR count). The van der Waals surface area contributed by atoms with Gasteiger partial charge in [-0.15, -0.1) is 0 Å². The lowest BCUT2D eigenvalue weighted by Gasteiger charge is -2.42. The zero-order chi connectivity index (χ0) is 9.97. The van der Waals surface area contributed by atoms with Gasteiger partial charge in [0.1, 0.15) is 0 Å². The number of hydrogen-bond donors (Lipinski definition) is 0. The molecule has 1 unspecified atom stereocenters. The van der Waals surface area contributed by atoms with Gasteiger partial charge in [0.05, 0.1) is 0 Å². The summed E-state index contributed by atoms with van der Waals surface area (Å²) in [5, 5.41) is 0. The molecule has 0 spiro atoms. The first kappa shape index (κ1) is 10.4. The average molecular weight is 196 g/mol. The molecule has 2 aliphatic heterocycles. The Morgan fingerprint density at radius 2 is 1.86 bits per heavy atom. The highest BCUT2D eigenvalue weighted by atomic mass is 15.3. The van der Waals surface area contributed by atoms with Gasteiger partial charge in [0.25, 0.3) is 0 Å². The lowest BCUT2D eigenvalue weighted by molar-refractivity contribution is 0.0583. The first-order valence-corrected chi connectivity index (χ1v) is 6.25. The van der Waals surface area contributed by atoms with Crippen molar-refractivity contribution in [2.24, 2.45) is 0 Å². The van der Waals surface area contributed by atoms with Gasteiger partial charge in [0, 0.05) is 31.7 Å². The van der Waals surface area contributed by atoms with Crippen LogP contribution in [0.3, 0.4) is 0 Å². The Kier molecular flexibility index (Phi) is 3.45. The molecule has 2 saturated heterocycles. The van der Waals surface area contributed by atoms with Crippen LogP contribution in [0.2, 0.25) is 0 Å². The van der Waals surface area contributed by atoms with Crippen molar-refractivity contribution < 1.29 is 0 Å². The Morgan fingerprint density at radius 3 is 2.64 bits per heavy atom. The highest BCUT2D eigenvalue weighted by Gasteiger charge is 2.28. The minimum atomic E-state index is 0.736. The van der Waals surface area contributed by atoms with Gasteiger partial charge in [-0.05, 0) is 33.2 Å². The standard InChI is InChI=1S/C12H24N2/c1-11(2)14-9-8-13-7-5-3-4-6-12(13)10-14/h11-12H,3-10H2,1-2H3. The van der Waals surface area contributed by atoms with E-state index in [4.69, 9.17) is 0 Å². The van der Waals surface area contributed by atoms with Crippen molar-refractivity contribution in [2.75, 3.05) is 26.2 Å². The van der Waals surface area contributed by atoms with E-state index in [1.54, 1.807) is 0 Å². The van der Waals surface area contributed by atoms with Gasteiger partial charge in [-0.1, -0.05) is 12.8 Å². The Hall–Kier alpha value is -0.0800. The summed E-state index contributed by atoms with van der Waals surface area (Å²) in [5.74, 6) is 0. The van der Waals surface area contributed by atoms with E-state index in [0.717, 1.165) is 12.1 Å². The molecule has 2 nitrogen and oxygen atoms in total. The third-order valence-electron chi connectivity index (χ3n) is 3.85. The number of rotatable bonds is 1. The van der Waals surface area contributed by atoms with Gasteiger partial charge in [-0.25, -0.2) is 0 Å². The van der Waals surface area contributed by atoms with Gasteiger partial charge in [0.15, 0.2) is 0 Å². The summed E-state index contributed by atoms with van der Waals surface area (Å²) in [5.41, 5.74) is 0. The molecule has 0 aromatic rings. The second kappa shape index (κ2) is 4.63. The van der Waals surface area contributed by atoms with Crippen molar-refractivity contribution in [1.29, 1.82) is 0 Å². The van der Waals surface area contributed by atoms with Crippen LogP contribution in [-0.4, -0.2) is 48.1 Å². The third kappa shape index (κ3) is 2.29. The Morgan fingerprint density at radius 1 is 1.00 bits per heavy atom. The smallest absolute Gasteiger partial charge is 0.0223 e. The summed E-state index contributed by atoms with van der Waals surface area (Å²) in [7, 11) is 0. The molecule has 0 N–H and O–H groups in total. The normalized spacial score (nSPS) is 31.5. The lowest BCUT2D eigenvalue weighted by atomic mass is 10.1. The quantitative estimate of drug-likeness (QED) is 0.632. The van der Waals surface area contributed by atoms with E-state index in [9.17, 15) is 0 Å². The predicted molar refractivity (Wildman–Crippen MR) is 60.5 cm³/mol. The van der Waals surface area contributed by atoms with E-state index < -0.39 is 0 Å². The molecular formula is C12H24N2. The highest BCUT2D eigenvalue weighted by Crippen LogP contribution is 2.21. The lowest BCUT2D eigenvalue weighted by Crippen LogP contribution is -2.54. The van der Waals surface area contributed by atoms with Crippen molar-refractivity contribution in [3.8, 4) is 0 Å². The van der Waals surface area contributed by atoms with Crippen molar-refractivity contribution in [1.82, 2.24) is 9.80 Å². The number of fused-ring (bicyclic) bond motifs is 1. The van der Waals surface area contributed by atoms with Gasteiger partial charge >= 0.3 is 0 Å². The second-order valence-corrected chi connectivity index (χ2v) is 5.13. The molecule has 0 amide bonds. The number of nitrogens with zero attached hydrogens (tertiary/aromatic N) is 2. The van der Waals surface area contributed by atoms with Crippen LogP contribution < -0.4 is 0 Å². The van der Waals surface area contributed by atoms with E-state index in [1.807, 2.05) is 0 Å². The zero-order valence-electron chi connectivity index (χ0n) is 9.71. The van der Waals surface area contributed by atoms with Crippen LogP contribution in [0.1, 0.15) is 39.5 Å². The largest absolute Gasteiger partial charge is 0.298 e. The van der Waals surface area contributed by atoms with E-state index in [-0.39, 0.29) is 0 Å². The van der Waals surface area contributed by atoms with Crippen LogP contribution in [0.5, 0.6) is 0 Å². The van der Waals surface area contributed by atoms with Gasteiger partial charge in [-0.2, -0.15) is 0 Å². The van der Waals surface area contributed by atoms with Crippen LogP contribution in [0, 0.1) is 0 Å². The van der Waals surface area contributed by atoms with Crippen molar-refractivity contribution in [3.05, 3.63) is 0 Å². The second-order valence-electron chi connectivity index (χ2n) is 5.13. The Balaban J connectivity index is 1.93. The topological polar surface area (TPSA) is 6.48 Å². The van der Waals surface area contributed by atoms with E-state index in [2.05, 4.69) is 23.6 Å².